The summed E-state index contributed by atoms with van der Waals surface area (Å²) in [7, 11) is 0. The molecule has 116 valence electrons. The second kappa shape index (κ2) is 6.42. The van der Waals surface area contributed by atoms with E-state index in [0.717, 1.165) is 5.56 Å². The number of hydrogen-bond acceptors (Lipinski definition) is 3. The van der Waals surface area contributed by atoms with E-state index in [1.807, 2.05) is 32.9 Å². The maximum absolute atomic E-state index is 11.8. The second-order valence-corrected chi connectivity index (χ2v) is 6.96. The van der Waals surface area contributed by atoms with E-state index in [2.05, 4.69) is 5.32 Å². The van der Waals surface area contributed by atoms with Gasteiger partial charge in [0.05, 0.1) is 10.0 Å². The number of nitrogens with zero attached hydrogens (tertiary/aromatic N) is 1. The second-order valence-electron chi connectivity index (χ2n) is 6.18. The Morgan fingerprint density at radius 3 is 2.67 bits per heavy atom. The lowest BCUT2D eigenvalue weighted by Crippen LogP contribution is -2.60. The molecule has 1 amide bonds. The van der Waals surface area contributed by atoms with Gasteiger partial charge in [0.25, 0.3) is 0 Å². The summed E-state index contributed by atoms with van der Waals surface area (Å²) < 4.78 is 5.31. The first kappa shape index (κ1) is 16.4. The molecule has 0 aliphatic carbocycles. The maximum Gasteiger partial charge on any atom is 0.410 e. The Morgan fingerprint density at radius 2 is 2.05 bits per heavy atom. The van der Waals surface area contributed by atoms with Gasteiger partial charge in [0, 0.05) is 25.7 Å². The van der Waals surface area contributed by atoms with E-state index in [9.17, 15) is 4.79 Å². The highest BCUT2D eigenvalue weighted by molar-refractivity contribution is 6.42. The van der Waals surface area contributed by atoms with E-state index < -0.39 is 5.60 Å². The fourth-order valence-corrected chi connectivity index (χ4v) is 2.41. The molecular weight excluding hydrogens is 311 g/mol. The molecule has 1 aromatic rings. The first-order valence-corrected chi connectivity index (χ1v) is 7.66. The Balaban J connectivity index is 1.76. The van der Waals surface area contributed by atoms with Crippen LogP contribution in [0.25, 0.3) is 0 Å². The average Bonchev–Trinajstić information content (AvgIpc) is 2.30. The summed E-state index contributed by atoms with van der Waals surface area (Å²) in [5, 5.41) is 4.49. The largest absolute Gasteiger partial charge is 0.444 e. The van der Waals surface area contributed by atoms with Gasteiger partial charge in [-0.3, -0.25) is 0 Å². The normalized spacial score (nSPS) is 15.8. The Morgan fingerprint density at radius 1 is 1.38 bits per heavy atom. The molecule has 0 unspecified atom stereocenters. The Bertz CT molecular complexity index is 523. The lowest BCUT2D eigenvalue weighted by Gasteiger charge is -2.40. The van der Waals surface area contributed by atoms with E-state index in [1.54, 1.807) is 11.0 Å². The van der Waals surface area contributed by atoms with E-state index >= 15 is 0 Å². The zero-order valence-electron chi connectivity index (χ0n) is 12.5. The Labute approximate surface area is 135 Å². The zero-order chi connectivity index (χ0) is 15.6. The first-order valence-electron chi connectivity index (χ1n) is 6.90. The van der Waals surface area contributed by atoms with Crippen molar-refractivity contribution in [3.8, 4) is 0 Å². The third kappa shape index (κ3) is 4.50. The standard InChI is InChI=1S/C15H20Cl2N2O2/c1-15(2,3)21-14(20)19-8-11(9-19)18-7-10-5-4-6-12(16)13(10)17/h4-6,11,18H,7-9H2,1-3H3. The third-order valence-electron chi connectivity index (χ3n) is 3.15. The van der Waals surface area contributed by atoms with Crippen LogP contribution >= 0.6 is 23.2 Å². The van der Waals surface area contributed by atoms with Gasteiger partial charge in [0.15, 0.2) is 0 Å². The number of amides is 1. The van der Waals surface area contributed by atoms with Crippen LogP contribution in [0.1, 0.15) is 26.3 Å². The summed E-state index contributed by atoms with van der Waals surface area (Å²) in [4.78, 5) is 13.5. The molecule has 1 aromatic carbocycles. The van der Waals surface area contributed by atoms with Gasteiger partial charge in [-0.2, -0.15) is 0 Å². The molecule has 0 saturated carbocycles. The fourth-order valence-electron chi connectivity index (χ4n) is 2.02. The van der Waals surface area contributed by atoms with Crippen LogP contribution in [0.3, 0.4) is 0 Å². The van der Waals surface area contributed by atoms with Crippen molar-refractivity contribution in [1.29, 1.82) is 0 Å². The lowest BCUT2D eigenvalue weighted by molar-refractivity contribution is 0.00519. The minimum atomic E-state index is -0.454. The quantitative estimate of drug-likeness (QED) is 0.918. The van der Waals surface area contributed by atoms with Crippen molar-refractivity contribution in [2.45, 2.75) is 39.0 Å². The Kier molecular flexibility index (Phi) is 5.02. The summed E-state index contributed by atoms with van der Waals surface area (Å²) in [5.41, 5.74) is 0.504. The number of ether oxygens (including phenoxy) is 1. The van der Waals surface area contributed by atoms with Gasteiger partial charge >= 0.3 is 6.09 Å². The molecule has 1 aliphatic heterocycles. The number of nitrogens with one attached hydrogen (secondary N) is 1. The number of likely N-dealkylation sites (tertiary alicyclic amines) is 1. The molecule has 4 nitrogen and oxygen atoms in total. The maximum atomic E-state index is 11.8. The summed E-state index contributed by atoms with van der Waals surface area (Å²) in [6.07, 6.45) is -0.263. The molecule has 1 aliphatic rings. The van der Waals surface area contributed by atoms with Crippen molar-refractivity contribution >= 4 is 29.3 Å². The van der Waals surface area contributed by atoms with Gasteiger partial charge in [0.2, 0.25) is 0 Å². The first-order chi connectivity index (χ1) is 9.76. The van der Waals surface area contributed by atoms with Crippen molar-refractivity contribution in [1.82, 2.24) is 10.2 Å². The van der Waals surface area contributed by atoms with E-state index in [0.29, 0.717) is 29.7 Å². The molecular formula is C15H20Cl2N2O2. The minimum Gasteiger partial charge on any atom is -0.444 e. The molecule has 1 heterocycles. The van der Waals surface area contributed by atoms with E-state index in [-0.39, 0.29) is 12.1 Å². The predicted molar refractivity (Wildman–Crippen MR) is 84.9 cm³/mol. The van der Waals surface area contributed by atoms with E-state index in [4.69, 9.17) is 27.9 Å². The lowest BCUT2D eigenvalue weighted by atomic mass is 10.1. The highest BCUT2D eigenvalue weighted by atomic mass is 35.5. The van der Waals surface area contributed by atoms with Crippen LogP contribution in [0.5, 0.6) is 0 Å². The van der Waals surface area contributed by atoms with Gasteiger partial charge in [0.1, 0.15) is 5.60 Å². The number of halogens is 2. The zero-order valence-corrected chi connectivity index (χ0v) is 14.0. The molecule has 2 rings (SSSR count). The summed E-state index contributed by atoms with van der Waals surface area (Å²) >= 11 is 12.1. The highest BCUT2D eigenvalue weighted by Crippen LogP contribution is 2.25. The van der Waals surface area contributed by atoms with Crippen LogP contribution in [0.2, 0.25) is 10.0 Å². The molecule has 1 saturated heterocycles. The van der Waals surface area contributed by atoms with Crippen molar-refractivity contribution in [2.24, 2.45) is 0 Å². The molecule has 21 heavy (non-hydrogen) atoms. The SMILES string of the molecule is CC(C)(C)OC(=O)N1CC(NCc2cccc(Cl)c2Cl)C1. The monoisotopic (exact) mass is 330 g/mol. The summed E-state index contributed by atoms with van der Waals surface area (Å²) in [6, 6.07) is 5.83. The summed E-state index contributed by atoms with van der Waals surface area (Å²) in [5.74, 6) is 0. The topological polar surface area (TPSA) is 41.6 Å². The van der Waals surface area contributed by atoms with Crippen molar-refractivity contribution in [3.05, 3.63) is 33.8 Å². The third-order valence-corrected chi connectivity index (χ3v) is 4.00. The smallest absolute Gasteiger partial charge is 0.410 e. The fraction of sp³-hybridized carbons (Fsp3) is 0.533. The van der Waals surface area contributed by atoms with Gasteiger partial charge < -0.3 is 15.0 Å². The van der Waals surface area contributed by atoms with Crippen LogP contribution < -0.4 is 5.32 Å². The number of rotatable bonds is 3. The number of carbonyl (C=O) groups excluding carboxylic acids is 1. The predicted octanol–water partition coefficient (Wildman–Crippen LogP) is 3.70. The molecule has 0 radical (unpaired) electrons. The number of carbonyl (C=O) groups is 1. The number of hydrogen-bond donors (Lipinski definition) is 1. The highest BCUT2D eigenvalue weighted by Gasteiger charge is 2.33. The van der Waals surface area contributed by atoms with Crippen LogP contribution in [-0.2, 0) is 11.3 Å². The average molecular weight is 331 g/mol. The molecule has 0 spiro atoms. The van der Waals surface area contributed by atoms with Crippen LogP contribution in [0.15, 0.2) is 18.2 Å². The molecule has 1 fully saturated rings. The molecule has 0 atom stereocenters. The van der Waals surface area contributed by atoms with Gasteiger partial charge in [-0.05, 0) is 32.4 Å². The van der Waals surface area contributed by atoms with Crippen LogP contribution in [0.4, 0.5) is 4.79 Å². The van der Waals surface area contributed by atoms with Gasteiger partial charge in [-0.15, -0.1) is 0 Å². The van der Waals surface area contributed by atoms with E-state index in [1.165, 1.54) is 0 Å². The molecule has 1 N–H and O–H groups in total. The summed E-state index contributed by atoms with van der Waals surface area (Å²) in [6.45, 7) is 7.51. The molecule has 6 heteroatoms. The Hall–Kier alpha value is -0.970. The van der Waals surface area contributed by atoms with Crippen molar-refractivity contribution in [2.75, 3.05) is 13.1 Å². The van der Waals surface area contributed by atoms with Crippen molar-refractivity contribution in [3.63, 3.8) is 0 Å². The van der Waals surface area contributed by atoms with Gasteiger partial charge in [-0.1, -0.05) is 35.3 Å². The minimum absolute atomic E-state index is 0.257. The molecule has 0 bridgehead atoms. The van der Waals surface area contributed by atoms with Crippen LogP contribution in [-0.4, -0.2) is 35.7 Å². The van der Waals surface area contributed by atoms with Crippen LogP contribution in [0, 0.1) is 0 Å². The van der Waals surface area contributed by atoms with Gasteiger partial charge in [-0.25, -0.2) is 4.79 Å². The van der Waals surface area contributed by atoms with Crippen molar-refractivity contribution < 1.29 is 9.53 Å². The number of benzene rings is 1. The molecule has 0 aromatic heterocycles.